The van der Waals surface area contributed by atoms with Gasteiger partial charge >= 0.3 is 0 Å². The van der Waals surface area contributed by atoms with E-state index in [4.69, 9.17) is 23.2 Å². The van der Waals surface area contributed by atoms with E-state index in [0.29, 0.717) is 0 Å². The second-order valence-corrected chi connectivity index (χ2v) is 7.80. The van der Waals surface area contributed by atoms with E-state index in [9.17, 15) is 0 Å². The van der Waals surface area contributed by atoms with E-state index in [1.807, 2.05) is 24.3 Å². The van der Waals surface area contributed by atoms with Gasteiger partial charge in [0.2, 0.25) is 0 Å². The molecule has 1 aliphatic rings. The van der Waals surface area contributed by atoms with Crippen LogP contribution < -0.4 is 24.0 Å². The summed E-state index contributed by atoms with van der Waals surface area (Å²) >= 11 is 12.2. The highest BCUT2D eigenvalue weighted by Crippen LogP contribution is 2.31. The first-order valence-electron chi connectivity index (χ1n) is 8.59. The molecule has 25 heavy (non-hydrogen) atoms. The lowest BCUT2D eigenvalue weighted by molar-refractivity contribution is -0.912. The van der Waals surface area contributed by atoms with Crippen molar-refractivity contribution in [3.8, 4) is 0 Å². The molecular weight excluding hydrogens is 466 g/mol. The molecule has 0 atom stereocenters. The molecule has 2 aromatic rings. The van der Waals surface area contributed by atoms with Gasteiger partial charge in [0.15, 0.2) is 0 Å². The predicted molar refractivity (Wildman–Crippen MR) is 103 cm³/mol. The molecule has 0 saturated carbocycles. The molecule has 0 bridgehead atoms. The Morgan fingerprint density at radius 3 is 1.64 bits per heavy atom. The minimum atomic E-state index is 0. The van der Waals surface area contributed by atoms with E-state index in [2.05, 4.69) is 43.1 Å². The quantitative estimate of drug-likeness (QED) is 0.467. The zero-order valence-corrected chi connectivity index (χ0v) is 18.4. The lowest BCUT2D eigenvalue weighted by Gasteiger charge is -2.44. The Hall–Kier alpha value is -0.330. The van der Waals surface area contributed by atoms with Crippen LogP contribution in [0.5, 0.6) is 0 Å². The molecule has 0 unspecified atom stereocenters. The van der Waals surface area contributed by atoms with Crippen molar-refractivity contribution in [1.29, 1.82) is 0 Å². The molecule has 0 spiro atoms. The summed E-state index contributed by atoms with van der Waals surface area (Å²) in [5.74, 6) is 0. The van der Waals surface area contributed by atoms with Gasteiger partial charge in [-0.3, -0.25) is 4.90 Å². The minimum absolute atomic E-state index is 0. The number of quaternary nitrogens is 1. The molecule has 0 aliphatic carbocycles. The molecule has 0 amide bonds. The first kappa shape index (κ1) is 21.0. The maximum atomic E-state index is 6.09. The van der Waals surface area contributed by atoms with Crippen LogP contribution in [0.1, 0.15) is 24.1 Å². The van der Waals surface area contributed by atoms with Gasteiger partial charge in [-0.15, -0.1) is 0 Å². The highest BCUT2D eigenvalue weighted by Gasteiger charge is 2.32. The second kappa shape index (κ2) is 9.05. The monoisotopic (exact) mass is 490 g/mol. The van der Waals surface area contributed by atoms with Crippen LogP contribution in [0.15, 0.2) is 48.5 Å². The van der Waals surface area contributed by atoms with Crippen LogP contribution in [0.4, 0.5) is 0 Å². The molecule has 3 rings (SSSR count). The molecule has 1 fully saturated rings. The van der Waals surface area contributed by atoms with Crippen LogP contribution in [0, 0.1) is 0 Å². The van der Waals surface area contributed by atoms with Gasteiger partial charge in [0.1, 0.15) is 0 Å². The van der Waals surface area contributed by atoms with Crippen molar-refractivity contribution < 1.29 is 28.5 Å². The molecule has 2 aromatic carbocycles. The Morgan fingerprint density at radius 1 is 0.880 bits per heavy atom. The minimum Gasteiger partial charge on any atom is -1.00 e. The number of hydrogen-bond donors (Lipinski definition) is 0. The van der Waals surface area contributed by atoms with Gasteiger partial charge in [0.25, 0.3) is 0 Å². The molecule has 0 N–H and O–H groups in total. The van der Waals surface area contributed by atoms with Gasteiger partial charge < -0.3 is 28.5 Å². The number of hydrogen-bond acceptors (Lipinski definition) is 1. The summed E-state index contributed by atoms with van der Waals surface area (Å²) < 4.78 is 1.16. The van der Waals surface area contributed by atoms with E-state index < -0.39 is 0 Å². The van der Waals surface area contributed by atoms with Crippen molar-refractivity contribution in [2.75, 3.05) is 39.8 Å². The summed E-state index contributed by atoms with van der Waals surface area (Å²) in [7, 11) is 2.36. The van der Waals surface area contributed by atoms with Crippen LogP contribution in [0.3, 0.4) is 0 Å². The fraction of sp³-hybridized carbons (Fsp3) is 0.400. The van der Waals surface area contributed by atoms with Crippen molar-refractivity contribution in [2.24, 2.45) is 0 Å². The summed E-state index contributed by atoms with van der Waals surface area (Å²) in [6.45, 7) is 8.05. The molecule has 1 aliphatic heterocycles. The fourth-order valence-electron chi connectivity index (χ4n) is 3.44. The average Bonchev–Trinajstić information content (AvgIpc) is 2.60. The third kappa shape index (κ3) is 5.10. The predicted octanol–water partition coefficient (Wildman–Crippen LogP) is 1.87. The van der Waals surface area contributed by atoms with Gasteiger partial charge in [-0.2, -0.15) is 0 Å². The maximum absolute atomic E-state index is 6.09. The largest absolute Gasteiger partial charge is 1.00 e. The SMILES string of the molecule is CC[N+]1(C)CCN(C(c2ccc(Cl)cc2)c2ccc(Cl)cc2)CC1.[I-]. The summed E-state index contributed by atoms with van der Waals surface area (Å²) in [5.41, 5.74) is 2.57. The second-order valence-electron chi connectivity index (χ2n) is 6.92. The molecule has 1 heterocycles. The molecular formula is C20H25Cl2IN2. The number of likely N-dealkylation sites (N-methyl/N-ethyl adjacent to an activating group) is 1. The Kier molecular flexibility index (Phi) is 7.59. The highest BCUT2D eigenvalue weighted by atomic mass is 127. The van der Waals surface area contributed by atoms with E-state index >= 15 is 0 Å². The summed E-state index contributed by atoms with van der Waals surface area (Å²) in [4.78, 5) is 2.59. The van der Waals surface area contributed by atoms with Crippen molar-refractivity contribution in [3.05, 3.63) is 69.7 Å². The van der Waals surface area contributed by atoms with Gasteiger partial charge in [0.05, 0.1) is 32.7 Å². The molecule has 1 saturated heterocycles. The first-order chi connectivity index (χ1) is 11.5. The standard InChI is InChI=1S/C20H25Cl2N2.HI/c1-3-24(2)14-12-23(13-15-24)20(16-4-8-18(21)9-5-16)17-6-10-19(22)11-7-17;/h4-11,20H,3,12-15H2,1-2H3;1H/q+1;/p-1. The van der Waals surface area contributed by atoms with Crippen LogP contribution >= 0.6 is 23.2 Å². The Morgan fingerprint density at radius 2 is 1.28 bits per heavy atom. The van der Waals surface area contributed by atoms with Crippen LogP contribution in [0.25, 0.3) is 0 Å². The number of halogens is 3. The number of rotatable bonds is 4. The number of nitrogens with zero attached hydrogens (tertiary/aromatic N) is 2. The van der Waals surface area contributed by atoms with E-state index in [-0.39, 0.29) is 30.0 Å². The Labute approximate surface area is 178 Å². The Bertz CT molecular complexity index is 620. The number of piperazine rings is 1. The smallest absolute Gasteiger partial charge is 0.0914 e. The lowest BCUT2D eigenvalue weighted by Crippen LogP contribution is -3.00. The van der Waals surface area contributed by atoms with Gasteiger partial charge in [-0.25, -0.2) is 0 Å². The van der Waals surface area contributed by atoms with Crippen LogP contribution in [-0.4, -0.2) is 49.2 Å². The molecule has 136 valence electrons. The lowest BCUT2D eigenvalue weighted by atomic mass is 9.96. The van der Waals surface area contributed by atoms with E-state index in [1.165, 1.54) is 30.8 Å². The zero-order chi connectivity index (χ0) is 17.2. The van der Waals surface area contributed by atoms with Crippen molar-refractivity contribution in [2.45, 2.75) is 13.0 Å². The molecule has 0 aromatic heterocycles. The topological polar surface area (TPSA) is 3.24 Å². The summed E-state index contributed by atoms with van der Waals surface area (Å²) in [5, 5.41) is 1.56. The van der Waals surface area contributed by atoms with Crippen molar-refractivity contribution in [1.82, 2.24) is 4.90 Å². The number of benzene rings is 2. The molecule has 5 heteroatoms. The van der Waals surface area contributed by atoms with Gasteiger partial charge in [-0.1, -0.05) is 47.5 Å². The third-order valence-corrected chi connectivity index (χ3v) is 5.86. The normalized spacial score (nSPS) is 17.3. The molecule has 0 radical (unpaired) electrons. The third-order valence-electron chi connectivity index (χ3n) is 5.35. The van der Waals surface area contributed by atoms with E-state index in [1.54, 1.807) is 0 Å². The van der Waals surface area contributed by atoms with Gasteiger partial charge in [0, 0.05) is 23.1 Å². The molecule has 2 nitrogen and oxygen atoms in total. The van der Waals surface area contributed by atoms with Crippen LogP contribution in [0.2, 0.25) is 10.0 Å². The van der Waals surface area contributed by atoms with Gasteiger partial charge in [-0.05, 0) is 42.3 Å². The first-order valence-corrected chi connectivity index (χ1v) is 9.35. The van der Waals surface area contributed by atoms with Crippen molar-refractivity contribution in [3.63, 3.8) is 0 Å². The average molecular weight is 491 g/mol. The van der Waals surface area contributed by atoms with E-state index in [0.717, 1.165) is 27.6 Å². The Balaban J connectivity index is 0.00000225. The van der Waals surface area contributed by atoms with Crippen LogP contribution in [-0.2, 0) is 0 Å². The highest BCUT2D eigenvalue weighted by molar-refractivity contribution is 6.30. The zero-order valence-electron chi connectivity index (χ0n) is 14.8. The van der Waals surface area contributed by atoms with Crippen molar-refractivity contribution >= 4 is 23.2 Å². The maximum Gasteiger partial charge on any atom is 0.0914 e. The summed E-state index contributed by atoms with van der Waals surface area (Å²) in [6, 6.07) is 16.8. The summed E-state index contributed by atoms with van der Waals surface area (Å²) in [6.07, 6.45) is 0. The fourth-order valence-corrected chi connectivity index (χ4v) is 3.69.